The van der Waals surface area contributed by atoms with Crippen molar-refractivity contribution in [3.63, 3.8) is 0 Å². The van der Waals surface area contributed by atoms with Gasteiger partial charge in [-0.15, -0.1) is 0 Å². The van der Waals surface area contributed by atoms with Crippen molar-refractivity contribution in [3.05, 3.63) is 0 Å². The van der Waals surface area contributed by atoms with Crippen LogP contribution in [0.2, 0.25) is 0 Å². The lowest BCUT2D eigenvalue weighted by Gasteiger charge is -2.27. The van der Waals surface area contributed by atoms with Crippen molar-refractivity contribution in [2.24, 2.45) is 0 Å². The topological polar surface area (TPSA) is 12.5 Å². The molecule has 1 atom stereocenters. The van der Waals surface area contributed by atoms with Crippen molar-refractivity contribution in [1.82, 2.24) is 4.90 Å². The molecule has 13 heavy (non-hydrogen) atoms. The Morgan fingerprint density at radius 1 is 1.31 bits per heavy atom. The van der Waals surface area contributed by atoms with E-state index in [9.17, 15) is 0 Å². The van der Waals surface area contributed by atoms with Gasteiger partial charge in [0.2, 0.25) is 3.79 Å². The second kappa shape index (κ2) is 6.31. The van der Waals surface area contributed by atoms with Crippen LogP contribution in [0.15, 0.2) is 0 Å². The third-order valence-electron chi connectivity index (χ3n) is 1.42. The Hall–Kier alpha value is 0.790. The monoisotopic (exact) mass is 247 g/mol. The highest BCUT2D eigenvalue weighted by Crippen LogP contribution is 2.32. The van der Waals surface area contributed by atoms with E-state index in [1.807, 2.05) is 25.9 Å². The maximum atomic E-state index is 5.76. The zero-order valence-electron chi connectivity index (χ0n) is 8.19. The van der Waals surface area contributed by atoms with Gasteiger partial charge in [0.15, 0.2) is 0 Å². The van der Waals surface area contributed by atoms with E-state index in [1.165, 1.54) is 0 Å². The lowest BCUT2D eigenvalue weighted by molar-refractivity contribution is 0.0388. The number of alkyl halides is 3. The molecule has 0 N–H and O–H groups in total. The molecule has 80 valence electrons. The summed E-state index contributed by atoms with van der Waals surface area (Å²) in [5.74, 6) is 0. The van der Waals surface area contributed by atoms with Gasteiger partial charge < -0.3 is 9.64 Å². The van der Waals surface area contributed by atoms with Crippen LogP contribution in [0.4, 0.5) is 0 Å². The SMILES string of the molecule is CCCO[C@H](CN(C)C)C(Cl)(Cl)Cl. The Bertz CT molecular complexity index is 136. The van der Waals surface area contributed by atoms with Crippen molar-refractivity contribution in [1.29, 1.82) is 0 Å². The van der Waals surface area contributed by atoms with Crippen molar-refractivity contribution in [2.75, 3.05) is 27.2 Å². The van der Waals surface area contributed by atoms with Crippen molar-refractivity contribution >= 4 is 34.8 Å². The number of ether oxygens (including phenoxy) is 1. The second-order valence-electron chi connectivity index (χ2n) is 3.16. The van der Waals surface area contributed by atoms with Gasteiger partial charge in [0.05, 0.1) is 0 Å². The summed E-state index contributed by atoms with van der Waals surface area (Å²) in [5, 5.41) is 0. The van der Waals surface area contributed by atoms with E-state index in [1.54, 1.807) is 0 Å². The van der Waals surface area contributed by atoms with E-state index in [2.05, 4.69) is 0 Å². The maximum absolute atomic E-state index is 5.76. The van der Waals surface area contributed by atoms with Crippen LogP contribution in [-0.2, 0) is 4.74 Å². The summed E-state index contributed by atoms with van der Waals surface area (Å²) in [4.78, 5) is 1.93. The van der Waals surface area contributed by atoms with E-state index in [-0.39, 0.29) is 6.10 Å². The number of likely N-dealkylation sites (N-methyl/N-ethyl adjacent to an activating group) is 1. The summed E-state index contributed by atoms with van der Waals surface area (Å²) in [5.41, 5.74) is 0. The molecule has 5 heteroatoms. The summed E-state index contributed by atoms with van der Waals surface area (Å²) in [6.45, 7) is 3.24. The van der Waals surface area contributed by atoms with E-state index in [0.717, 1.165) is 6.42 Å². The molecule has 0 aliphatic heterocycles. The van der Waals surface area contributed by atoms with E-state index in [4.69, 9.17) is 39.5 Å². The van der Waals surface area contributed by atoms with Gasteiger partial charge in [-0.05, 0) is 20.5 Å². The van der Waals surface area contributed by atoms with Crippen molar-refractivity contribution in [2.45, 2.75) is 23.2 Å². The molecule has 0 radical (unpaired) electrons. The van der Waals surface area contributed by atoms with Crippen LogP contribution in [0.5, 0.6) is 0 Å². The molecule has 0 aromatic rings. The van der Waals surface area contributed by atoms with Gasteiger partial charge >= 0.3 is 0 Å². The third-order valence-corrected chi connectivity index (χ3v) is 2.15. The minimum Gasteiger partial charge on any atom is -0.372 e. The fraction of sp³-hybridized carbons (Fsp3) is 1.00. The molecule has 0 aromatic carbocycles. The highest BCUT2D eigenvalue weighted by Gasteiger charge is 2.33. The van der Waals surface area contributed by atoms with Crippen molar-refractivity contribution < 1.29 is 4.74 Å². The molecule has 0 aliphatic rings. The lowest BCUT2D eigenvalue weighted by Crippen LogP contribution is -2.38. The molecule has 0 bridgehead atoms. The zero-order chi connectivity index (χ0) is 10.5. The molecule has 0 fully saturated rings. The molecule has 0 rings (SSSR count). The molecule has 0 aromatic heterocycles. The molecule has 0 aliphatic carbocycles. The van der Waals surface area contributed by atoms with Crippen LogP contribution in [0, 0.1) is 0 Å². The number of hydrogen-bond donors (Lipinski definition) is 0. The fourth-order valence-corrected chi connectivity index (χ4v) is 1.24. The third kappa shape index (κ3) is 6.81. The van der Waals surface area contributed by atoms with Gasteiger partial charge in [-0.25, -0.2) is 0 Å². The first kappa shape index (κ1) is 13.8. The first-order valence-electron chi connectivity index (χ1n) is 4.21. The number of halogens is 3. The van der Waals surface area contributed by atoms with Crippen LogP contribution in [-0.4, -0.2) is 42.0 Å². The van der Waals surface area contributed by atoms with Crippen LogP contribution in [0.1, 0.15) is 13.3 Å². The smallest absolute Gasteiger partial charge is 0.217 e. The standard InChI is InChI=1S/C8H16Cl3NO/c1-4-5-13-7(6-12(2)3)8(9,10)11/h7H,4-6H2,1-3H3/t7-/m1/s1. The molecule has 0 saturated heterocycles. The fourth-order valence-electron chi connectivity index (χ4n) is 0.842. The Kier molecular flexibility index (Phi) is 6.69. The Morgan fingerprint density at radius 3 is 2.15 bits per heavy atom. The van der Waals surface area contributed by atoms with Gasteiger partial charge in [-0.2, -0.15) is 0 Å². The van der Waals surface area contributed by atoms with Gasteiger partial charge in [-0.3, -0.25) is 0 Å². The Balaban J connectivity index is 4.03. The van der Waals surface area contributed by atoms with E-state index >= 15 is 0 Å². The first-order chi connectivity index (χ1) is 5.88. The summed E-state index contributed by atoms with van der Waals surface area (Å²) < 4.78 is 4.08. The number of nitrogens with zero attached hydrogens (tertiary/aromatic N) is 1. The van der Waals surface area contributed by atoms with Gasteiger partial charge in [0.25, 0.3) is 0 Å². The van der Waals surface area contributed by atoms with E-state index in [0.29, 0.717) is 13.2 Å². The average Bonchev–Trinajstić information content (AvgIpc) is 1.95. The van der Waals surface area contributed by atoms with E-state index < -0.39 is 3.79 Å². The Labute approximate surface area is 95.1 Å². The minimum atomic E-state index is -1.35. The molecule has 0 saturated carbocycles. The largest absolute Gasteiger partial charge is 0.372 e. The molecular weight excluding hydrogens is 232 g/mol. The molecule has 0 amide bonds. The van der Waals surface area contributed by atoms with Crippen molar-refractivity contribution in [3.8, 4) is 0 Å². The molecule has 0 unspecified atom stereocenters. The summed E-state index contributed by atoms with van der Waals surface area (Å²) in [6, 6.07) is 0. The predicted octanol–water partition coefficient (Wildman–Crippen LogP) is 2.71. The van der Waals surface area contributed by atoms with Gasteiger partial charge in [0.1, 0.15) is 6.10 Å². The highest BCUT2D eigenvalue weighted by molar-refractivity contribution is 6.68. The summed E-state index contributed by atoms with van der Waals surface area (Å²) in [6.07, 6.45) is 0.553. The van der Waals surface area contributed by atoms with Crippen LogP contribution < -0.4 is 0 Å². The minimum absolute atomic E-state index is 0.368. The normalized spacial score (nSPS) is 15.0. The molecular formula is C8H16Cl3NO. The second-order valence-corrected chi connectivity index (χ2v) is 5.53. The quantitative estimate of drug-likeness (QED) is 0.694. The van der Waals surface area contributed by atoms with Crippen LogP contribution >= 0.6 is 34.8 Å². The lowest BCUT2D eigenvalue weighted by atomic mass is 10.3. The molecule has 0 spiro atoms. The summed E-state index contributed by atoms with van der Waals surface area (Å²) in [7, 11) is 3.83. The van der Waals surface area contributed by atoms with Crippen LogP contribution in [0.3, 0.4) is 0 Å². The first-order valence-corrected chi connectivity index (χ1v) is 5.34. The zero-order valence-corrected chi connectivity index (χ0v) is 10.5. The average molecular weight is 249 g/mol. The van der Waals surface area contributed by atoms with Gasteiger partial charge in [-0.1, -0.05) is 41.7 Å². The summed E-state index contributed by atoms with van der Waals surface area (Å²) >= 11 is 17.3. The van der Waals surface area contributed by atoms with Crippen LogP contribution in [0.25, 0.3) is 0 Å². The Morgan fingerprint density at radius 2 is 1.85 bits per heavy atom. The molecule has 0 heterocycles. The highest BCUT2D eigenvalue weighted by atomic mass is 35.6. The maximum Gasteiger partial charge on any atom is 0.217 e. The molecule has 2 nitrogen and oxygen atoms in total. The predicted molar refractivity (Wildman–Crippen MR) is 58.9 cm³/mol. The van der Waals surface area contributed by atoms with Gasteiger partial charge in [0, 0.05) is 13.2 Å². The number of hydrogen-bond acceptors (Lipinski definition) is 2. The number of rotatable bonds is 5.